The van der Waals surface area contributed by atoms with Gasteiger partial charge in [0, 0.05) is 12.3 Å². The van der Waals surface area contributed by atoms with Gasteiger partial charge in [-0.1, -0.05) is 48.0 Å². The van der Waals surface area contributed by atoms with Crippen LogP contribution in [0.2, 0.25) is 0 Å². The van der Waals surface area contributed by atoms with E-state index in [-0.39, 0.29) is 12.5 Å². The van der Waals surface area contributed by atoms with Gasteiger partial charge in [0.05, 0.1) is 11.9 Å². The number of amides is 1. The van der Waals surface area contributed by atoms with Crippen LogP contribution in [0.5, 0.6) is 0 Å². The molecular formula is C22H30N2O3S2. The van der Waals surface area contributed by atoms with Crippen LogP contribution >= 0.6 is 11.8 Å². The van der Waals surface area contributed by atoms with Crippen LogP contribution in [0.3, 0.4) is 0 Å². The summed E-state index contributed by atoms with van der Waals surface area (Å²) in [6.45, 7) is 6.10. The first-order valence-electron chi connectivity index (χ1n) is 9.62. The maximum atomic E-state index is 12.4. The number of carbonyl (C=O) groups is 1. The molecule has 2 aromatic rings. The lowest BCUT2D eigenvalue weighted by Gasteiger charge is -2.25. The molecule has 2 rings (SSSR count). The molecular weight excluding hydrogens is 404 g/mol. The molecule has 0 bridgehead atoms. The third-order valence-corrected chi connectivity index (χ3v) is 6.78. The summed E-state index contributed by atoms with van der Waals surface area (Å²) >= 11 is 1.83. The molecule has 0 atom stereocenters. The Labute approximate surface area is 178 Å². The molecule has 0 aliphatic rings. The molecule has 0 saturated carbocycles. The number of sulfonamides is 1. The Bertz CT molecular complexity index is 905. The van der Waals surface area contributed by atoms with Crippen molar-refractivity contribution in [3.8, 4) is 0 Å². The molecule has 29 heavy (non-hydrogen) atoms. The molecule has 1 amide bonds. The molecule has 158 valence electrons. The smallest absolute Gasteiger partial charge is 0.240 e. The van der Waals surface area contributed by atoms with Crippen molar-refractivity contribution in [1.29, 1.82) is 0 Å². The first-order chi connectivity index (χ1) is 13.7. The molecule has 0 saturated heterocycles. The highest BCUT2D eigenvalue weighted by molar-refractivity contribution is 7.98. The van der Waals surface area contributed by atoms with Gasteiger partial charge in [-0.15, -0.1) is 0 Å². The molecule has 0 aromatic heterocycles. The van der Waals surface area contributed by atoms with Gasteiger partial charge in [0.2, 0.25) is 15.9 Å². The Balaban J connectivity index is 1.81. The minimum atomic E-state index is -3.56. The standard InChI is InChI=1S/C22H30N2O3S2/c1-17-9-11-20(12-10-17)16-28-14-6-13-23-21(25)15-24(29(4,26)27)22-18(2)7-5-8-19(22)3/h5,7-12H,6,13-16H2,1-4H3,(H,23,25). The molecule has 0 radical (unpaired) electrons. The van der Waals surface area contributed by atoms with Gasteiger partial charge in [-0.05, 0) is 49.6 Å². The lowest BCUT2D eigenvalue weighted by atomic mass is 10.1. The van der Waals surface area contributed by atoms with Crippen molar-refractivity contribution in [2.24, 2.45) is 0 Å². The van der Waals surface area contributed by atoms with E-state index in [2.05, 4.69) is 36.5 Å². The maximum Gasteiger partial charge on any atom is 0.240 e. The second kappa shape index (κ2) is 10.7. The molecule has 1 N–H and O–H groups in total. The second-order valence-corrected chi connectivity index (χ2v) is 10.3. The highest BCUT2D eigenvalue weighted by atomic mass is 32.2. The van der Waals surface area contributed by atoms with Crippen LogP contribution < -0.4 is 9.62 Å². The number of rotatable bonds is 10. The summed E-state index contributed by atoms with van der Waals surface area (Å²) in [7, 11) is -3.56. The zero-order chi connectivity index (χ0) is 21.4. The zero-order valence-electron chi connectivity index (χ0n) is 17.6. The van der Waals surface area contributed by atoms with E-state index in [1.807, 2.05) is 43.8 Å². The number of nitrogens with zero attached hydrogens (tertiary/aromatic N) is 1. The normalized spacial score (nSPS) is 11.3. The van der Waals surface area contributed by atoms with E-state index in [9.17, 15) is 13.2 Å². The molecule has 0 heterocycles. The topological polar surface area (TPSA) is 66.5 Å². The van der Waals surface area contributed by atoms with E-state index in [0.29, 0.717) is 12.2 Å². The van der Waals surface area contributed by atoms with Crippen LogP contribution in [-0.4, -0.2) is 39.4 Å². The van der Waals surface area contributed by atoms with Crippen molar-refractivity contribution < 1.29 is 13.2 Å². The van der Waals surface area contributed by atoms with Crippen molar-refractivity contribution in [2.45, 2.75) is 32.9 Å². The van der Waals surface area contributed by atoms with E-state index in [1.54, 1.807) is 0 Å². The minimum Gasteiger partial charge on any atom is -0.354 e. The maximum absolute atomic E-state index is 12.4. The van der Waals surface area contributed by atoms with E-state index in [0.717, 1.165) is 35.3 Å². The number of carbonyl (C=O) groups excluding carboxylic acids is 1. The fourth-order valence-electron chi connectivity index (χ4n) is 3.02. The number of anilines is 1. The average Bonchev–Trinajstić information content (AvgIpc) is 2.64. The molecule has 7 heteroatoms. The zero-order valence-corrected chi connectivity index (χ0v) is 19.2. The summed E-state index contributed by atoms with van der Waals surface area (Å²) in [6.07, 6.45) is 1.97. The highest BCUT2D eigenvalue weighted by Crippen LogP contribution is 2.26. The number of benzene rings is 2. The Kier molecular flexibility index (Phi) is 8.59. The van der Waals surface area contributed by atoms with E-state index >= 15 is 0 Å². The van der Waals surface area contributed by atoms with Gasteiger partial charge < -0.3 is 5.32 Å². The molecule has 0 spiro atoms. The lowest BCUT2D eigenvalue weighted by molar-refractivity contribution is -0.119. The first kappa shape index (κ1) is 23.3. The van der Waals surface area contributed by atoms with Crippen molar-refractivity contribution in [3.63, 3.8) is 0 Å². The van der Waals surface area contributed by atoms with Gasteiger partial charge in [0.25, 0.3) is 0 Å². The van der Waals surface area contributed by atoms with Gasteiger partial charge in [0.1, 0.15) is 6.54 Å². The molecule has 2 aromatic carbocycles. The highest BCUT2D eigenvalue weighted by Gasteiger charge is 2.23. The van der Waals surface area contributed by atoms with Crippen molar-refractivity contribution >= 4 is 33.4 Å². The summed E-state index contributed by atoms with van der Waals surface area (Å²) in [5.74, 6) is 1.59. The summed E-state index contributed by atoms with van der Waals surface area (Å²) in [4.78, 5) is 12.4. The van der Waals surface area contributed by atoms with Gasteiger partial charge in [-0.3, -0.25) is 9.10 Å². The predicted octanol–water partition coefficient (Wildman–Crippen LogP) is 3.82. The Hall–Kier alpha value is -1.99. The van der Waals surface area contributed by atoms with Crippen molar-refractivity contribution in [1.82, 2.24) is 5.32 Å². The van der Waals surface area contributed by atoms with Gasteiger partial charge in [0.15, 0.2) is 0 Å². The number of hydrogen-bond donors (Lipinski definition) is 1. The summed E-state index contributed by atoms with van der Waals surface area (Å²) in [6, 6.07) is 14.1. The van der Waals surface area contributed by atoms with Crippen LogP contribution in [0.25, 0.3) is 0 Å². The monoisotopic (exact) mass is 434 g/mol. The number of aryl methyl sites for hydroxylation is 3. The molecule has 5 nitrogen and oxygen atoms in total. The fraction of sp³-hybridized carbons (Fsp3) is 0.409. The quantitative estimate of drug-likeness (QED) is 0.578. The van der Waals surface area contributed by atoms with Crippen LogP contribution in [0.1, 0.15) is 28.7 Å². The summed E-state index contributed by atoms with van der Waals surface area (Å²) in [5.41, 5.74) is 4.79. The largest absolute Gasteiger partial charge is 0.354 e. The van der Waals surface area contributed by atoms with Gasteiger partial charge >= 0.3 is 0 Å². The third kappa shape index (κ3) is 7.40. The van der Waals surface area contributed by atoms with E-state index < -0.39 is 10.0 Å². The average molecular weight is 435 g/mol. The van der Waals surface area contributed by atoms with Crippen molar-refractivity contribution in [3.05, 3.63) is 64.7 Å². The Morgan fingerprint density at radius 1 is 1.03 bits per heavy atom. The summed E-state index contributed by atoms with van der Waals surface area (Å²) in [5, 5.41) is 2.84. The number of para-hydroxylation sites is 1. The minimum absolute atomic E-state index is 0.207. The predicted molar refractivity (Wildman–Crippen MR) is 123 cm³/mol. The molecule has 0 unspecified atom stereocenters. The van der Waals surface area contributed by atoms with E-state index in [4.69, 9.17) is 0 Å². The van der Waals surface area contributed by atoms with Gasteiger partial charge in [-0.25, -0.2) is 8.42 Å². The van der Waals surface area contributed by atoms with Crippen LogP contribution in [0, 0.1) is 20.8 Å². The fourth-order valence-corrected chi connectivity index (χ4v) is 4.92. The third-order valence-electron chi connectivity index (χ3n) is 4.55. The summed E-state index contributed by atoms with van der Waals surface area (Å²) < 4.78 is 25.8. The SMILES string of the molecule is Cc1ccc(CSCCCNC(=O)CN(c2c(C)cccc2C)S(C)(=O)=O)cc1. The first-order valence-corrected chi connectivity index (χ1v) is 12.6. The number of hydrogen-bond acceptors (Lipinski definition) is 4. The van der Waals surface area contributed by atoms with Crippen molar-refractivity contribution in [2.75, 3.05) is 29.4 Å². The molecule has 0 aliphatic carbocycles. The van der Waals surface area contributed by atoms with Crippen LogP contribution in [-0.2, 0) is 20.6 Å². The second-order valence-electron chi connectivity index (χ2n) is 7.25. The van der Waals surface area contributed by atoms with Gasteiger partial charge in [-0.2, -0.15) is 11.8 Å². The molecule has 0 aliphatic heterocycles. The Morgan fingerprint density at radius 3 is 2.24 bits per heavy atom. The lowest BCUT2D eigenvalue weighted by Crippen LogP contribution is -2.41. The number of nitrogens with one attached hydrogen (secondary N) is 1. The van der Waals surface area contributed by atoms with Crippen LogP contribution in [0.15, 0.2) is 42.5 Å². The number of thioether (sulfide) groups is 1. The van der Waals surface area contributed by atoms with Crippen LogP contribution in [0.4, 0.5) is 5.69 Å². The Morgan fingerprint density at radius 2 is 1.66 bits per heavy atom. The van der Waals surface area contributed by atoms with E-state index in [1.165, 1.54) is 15.4 Å². The molecule has 0 fully saturated rings.